The molecule has 0 aromatic carbocycles. The third-order valence-electron chi connectivity index (χ3n) is 6.73. The van der Waals surface area contributed by atoms with Crippen molar-refractivity contribution < 1.29 is 19.5 Å². The van der Waals surface area contributed by atoms with Gasteiger partial charge in [-0.05, 0) is 51.4 Å². The highest BCUT2D eigenvalue weighted by molar-refractivity contribution is 5.90. The molecule has 0 aromatic heterocycles. The van der Waals surface area contributed by atoms with Gasteiger partial charge in [-0.1, -0.05) is 47.1 Å². The molecule has 4 atom stereocenters. The van der Waals surface area contributed by atoms with Crippen LogP contribution < -0.4 is 5.32 Å². The standard InChI is InChI=1S/C25H45N3O4/c1-10-19-11-12-20(28(14-19)17(6)7)23(29)26-22(16(4)5)24(30)27(9)21(15(2)3)13-18(8)25(31)32/h13,15-17,19-22H,10-12,14H2,1-9H3,(H,26,29)(H,31,32)/b18-13+. The van der Waals surface area contributed by atoms with Gasteiger partial charge in [0.15, 0.2) is 0 Å². The summed E-state index contributed by atoms with van der Waals surface area (Å²) in [5.41, 5.74) is 0.203. The van der Waals surface area contributed by atoms with Crippen LogP contribution in [0.5, 0.6) is 0 Å². The van der Waals surface area contributed by atoms with Crippen molar-refractivity contribution in [3.8, 4) is 0 Å². The van der Waals surface area contributed by atoms with Gasteiger partial charge in [-0.25, -0.2) is 4.79 Å². The van der Waals surface area contributed by atoms with E-state index in [4.69, 9.17) is 0 Å². The summed E-state index contributed by atoms with van der Waals surface area (Å²) in [5.74, 6) is -0.743. The average molecular weight is 452 g/mol. The Morgan fingerprint density at radius 1 is 1.09 bits per heavy atom. The van der Waals surface area contributed by atoms with Crippen LogP contribution in [0.4, 0.5) is 0 Å². The molecule has 1 aliphatic rings. The number of piperidine rings is 1. The van der Waals surface area contributed by atoms with Gasteiger partial charge < -0.3 is 15.3 Å². The van der Waals surface area contributed by atoms with Crippen molar-refractivity contribution in [2.75, 3.05) is 13.6 Å². The van der Waals surface area contributed by atoms with Gasteiger partial charge in [-0.2, -0.15) is 0 Å². The topological polar surface area (TPSA) is 90.0 Å². The fourth-order valence-corrected chi connectivity index (χ4v) is 4.47. The van der Waals surface area contributed by atoms with Gasteiger partial charge in [-0.15, -0.1) is 0 Å². The van der Waals surface area contributed by atoms with Crippen molar-refractivity contribution in [2.24, 2.45) is 17.8 Å². The summed E-state index contributed by atoms with van der Waals surface area (Å²) in [6.45, 7) is 16.6. The van der Waals surface area contributed by atoms with Crippen LogP contribution in [0.1, 0.15) is 74.7 Å². The lowest BCUT2D eigenvalue weighted by Gasteiger charge is -2.42. The second-order valence-corrected chi connectivity index (χ2v) is 10.2. The summed E-state index contributed by atoms with van der Waals surface area (Å²) in [6, 6.07) is -1.01. The first-order chi connectivity index (χ1) is 14.8. The van der Waals surface area contributed by atoms with Crippen molar-refractivity contribution >= 4 is 17.8 Å². The highest BCUT2D eigenvalue weighted by Crippen LogP contribution is 2.26. The second kappa shape index (κ2) is 12.4. The summed E-state index contributed by atoms with van der Waals surface area (Å²) in [7, 11) is 1.69. The lowest BCUT2D eigenvalue weighted by Crippen LogP contribution is -2.59. The summed E-state index contributed by atoms with van der Waals surface area (Å²) in [5, 5.41) is 12.3. The van der Waals surface area contributed by atoms with Crippen molar-refractivity contribution in [3.63, 3.8) is 0 Å². The Kier molecular flexibility index (Phi) is 10.9. The molecule has 2 amide bonds. The van der Waals surface area contributed by atoms with Crippen LogP contribution in [-0.2, 0) is 14.4 Å². The Labute approximate surface area is 194 Å². The average Bonchev–Trinajstić information content (AvgIpc) is 2.73. The van der Waals surface area contributed by atoms with Gasteiger partial charge >= 0.3 is 5.97 Å². The molecule has 7 heteroatoms. The van der Waals surface area contributed by atoms with Crippen molar-refractivity contribution in [1.82, 2.24) is 15.1 Å². The maximum Gasteiger partial charge on any atom is 0.331 e. The largest absolute Gasteiger partial charge is 0.478 e. The molecule has 0 aliphatic carbocycles. The number of rotatable bonds is 10. The number of likely N-dealkylation sites (tertiary alicyclic amines) is 1. The molecule has 7 nitrogen and oxygen atoms in total. The van der Waals surface area contributed by atoms with Gasteiger partial charge in [-0.3, -0.25) is 14.5 Å². The van der Waals surface area contributed by atoms with Gasteiger partial charge in [0.25, 0.3) is 0 Å². The molecule has 0 radical (unpaired) electrons. The Balaban J connectivity index is 3.06. The molecule has 0 bridgehead atoms. The zero-order valence-corrected chi connectivity index (χ0v) is 21.5. The number of carboxylic acids is 1. The Morgan fingerprint density at radius 3 is 2.12 bits per heavy atom. The molecule has 0 aromatic rings. The summed E-state index contributed by atoms with van der Waals surface area (Å²) in [4.78, 5) is 41.9. The number of carbonyl (C=O) groups is 3. The molecule has 1 saturated heterocycles. The molecule has 1 rings (SSSR count). The number of amides is 2. The number of nitrogens with zero attached hydrogens (tertiary/aromatic N) is 2. The lowest BCUT2D eigenvalue weighted by molar-refractivity contribution is -0.140. The Morgan fingerprint density at radius 2 is 1.69 bits per heavy atom. The van der Waals surface area contributed by atoms with Crippen LogP contribution in [-0.4, -0.2) is 70.4 Å². The number of carboxylic acid groups (broad SMARTS) is 1. The molecular weight excluding hydrogens is 406 g/mol. The smallest absolute Gasteiger partial charge is 0.331 e. The van der Waals surface area contributed by atoms with E-state index in [-0.39, 0.29) is 47.3 Å². The van der Waals surface area contributed by atoms with Gasteiger partial charge in [0.05, 0.1) is 12.1 Å². The second-order valence-electron chi connectivity index (χ2n) is 10.2. The van der Waals surface area contributed by atoms with E-state index < -0.39 is 12.0 Å². The van der Waals surface area contributed by atoms with E-state index in [0.29, 0.717) is 5.92 Å². The van der Waals surface area contributed by atoms with Crippen molar-refractivity contribution in [1.29, 1.82) is 0 Å². The molecule has 1 heterocycles. The third kappa shape index (κ3) is 7.32. The predicted molar refractivity (Wildman–Crippen MR) is 128 cm³/mol. The lowest BCUT2D eigenvalue weighted by atomic mass is 9.89. The molecule has 1 aliphatic heterocycles. The number of carbonyl (C=O) groups excluding carboxylic acids is 2. The molecular formula is C25H45N3O4. The molecule has 32 heavy (non-hydrogen) atoms. The van der Waals surface area contributed by atoms with Crippen LogP contribution in [0.2, 0.25) is 0 Å². The Bertz CT molecular complexity index is 687. The maximum absolute atomic E-state index is 13.4. The molecule has 4 unspecified atom stereocenters. The number of hydrogen-bond acceptors (Lipinski definition) is 4. The van der Waals surface area contributed by atoms with E-state index in [2.05, 4.69) is 31.0 Å². The minimum atomic E-state index is -0.998. The highest BCUT2D eigenvalue weighted by Gasteiger charge is 2.37. The first-order valence-corrected chi connectivity index (χ1v) is 12.1. The molecule has 0 saturated carbocycles. The van der Waals surface area contributed by atoms with Crippen LogP contribution >= 0.6 is 0 Å². The van der Waals surface area contributed by atoms with Gasteiger partial charge in [0.1, 0.15) is 6.04 Å². The summed E-state index contributed by atoms with van der Waals surface area (Å²) >= 11 is 0. The summed E-state index contributed by atoms with van der Waals surface area (Å²) in [6.07, 6.45) is 4.55. The quantitative estimate of drug-likeness (QED) is 0.496. The number of hydrogen-bond donors (Lipinski definition) is 2. The van der Waals surface area contributed by atoms with Crippen LogP contribution in [0, 0.1) is 17.8 Å². The first-order valence-electron chi connectivity index (χ1n) is 12.1. The highest BCUT2D eigenvalue weighted by atomic mass is 16.4. The normalized spacial score (nSPS) is 22.2. The molecule has 1 fully saturated rings. The predicted octanol–water partition coefficient (Wildman–Crippen LogP) is 3.54. The number of likely N-dealkylation sites (N-methyl/N-ethyl adjacent to an activating group) is 1. The number of nitrogens with one attached hydrogen (secondary N) is 1. The zero-order chi connectivity index (χ0) is 24.7. The van der Waals surface area contributed by atoms with Gasteiger partial charge in [0, 0.05) is 25.2 Å². The first kappa shape index (κ1) is 28.1. The molecule has 2 N–H and O–H groups in total. The van der Waals surface area contributed by atoms with Crippen LogP contribution in [0.15, 0.2) is 11.6 Å². The molecule has 0 spiro atoms. The van der Waals surface area contributed by atoms with E-state index in [9.17, 15) is 19.5 Å². The van der Waals surface area contributed by atoms with Crippen molar-refractivity contribution in [3.05, 3.63) is 11.6 Å². The fraction of sp³-hybridized carbons (Fsp3) is 0.800. The fourth-order valence-electron chi connectivity index (χ4n) is 4.47. The van der Waals surface area contributed by atoms with E-state index in [1.807, 2.05) is 27.7 Å². The van der Waals surface area contributed by atoms with E-state index in [1.165, 1.54) is 6.92 Å². The SMILES string of the molecule is CCC1CCC(C(=O)NC(C(=O)N(C)C(/C=C(\C)C(=O)O)C(C)C)C(C)C)N(C(C)C)C1. The third-order valence-corrected chi connectivity index (χ3v) is 6.73. The van der Waals surface area contributed by atoms with E-state index >= 15 is 0 Å². The van der Waals surface area contributed by atoms with E-state index in [0.717, 1.165) is 25.8 Å². The van der Waals surface area contributed by atoms with E-state index in [1.54, 1.807) is 18.0 Å². The van der Waals surface area contributed by atoms with Crippen LogP contribution in [0.3, 0.4) is 0 Å². The summed E-state index contributed by atoms with van der Waals surface area (Å²) < 4.78 is 0. The maximum atomic E-state index is 13.4. The van der Waals surface area contributed by atoms with Crippen LogP contribution in [0.25, 0.3) is 0 Å². The van der Waals surface area contributed by atoms with Crippen molar-refractivity contribution in [2.45, 2.75) is 98.8 Å². The Hall–Kier alpha value is -1.89. The zero-order valence-electron chi connectivity index (χ0n) is 21.5. The molecule has 184 valence electrons. The monoisotopic (exact) mass is 451 g/mol. The minimum Gasteiger partial charge on any atom is -0.478 e. The minimum absolute atomic E-state index is 0.0301. The van der Waals surface area contributed by atoms with Gasteiger partial charge in [0.2, 0.25) is 11.8 Å². The number of aliphatic carboxylic acids is 1.